The minimum atomic E-state index is -4.94. The van der Waals surface area contributed by atoms with Crippen LogP contribution in [0.15, 0.2) is 12.1 Å². The molecule has 1 saturated carbocycles. The molecule has 1 fully saturated rings. The van der Waals surface area contributed by atoms with Crippen LogP contribution in [0.3, 0.4) is 0 Å². The molecule has 1 nitrogen and oxygen atoms in total. The third-order valence-electron chi connectivity index (χ3n) is 3.25. The Kier molecular flexibility index (Phi) is 4.10. The summed E-state index contributed by atoms with van der Waals surface area (Å²) in [6.07, 6.45) is 3.71. The molecule has 1 aliphatic rings. The van der Waals surface area contributed by atoms with Gasteiger partial charge in [-0.25, -0.2) is 0 Å². The standard InChI is InChI=1S/C11H19BF3O/c1-9(12(13,14)15)8-16-10-4-6-11(2,3)7-5-10/h10H,1,4-8H2,2-3H3/q-1. The lowest BCUT2D eigenvalue weighted by atomic mass is 9.76. The van der Waals surface area contributed by atoms with Gasteiger partial charge in [0.05, 0.1) is 6.10 Å². The van der Waals surface area contributed by atoms with Gasteiger partial charge in [0.15, 0.2) is 0 Å². The van der Waals surface area contributed by atoms with Gasteiger partial charge in [0.1, 0.15) is 0 Å². The van der Waals surface area contributed by atoms with Crippen LogP contribution in [0.2, 0.25) is 0 Å². The fourth-order valence-corrected chi connectivity index (χ4v) is 1.86. The number of hydrogen-bond acceptors (Lipinski definition) is 1. The third kappa shape index (κ3) is 4.20. The average molecular weight is 235 g/mol. The summed E-state index contributed by atoms with van der Waals surface area (Å²) in [4.78, 5) is 0. The lowest BCUT2D eigenvalue weighted by Gasteiger charge is -2.34. The first-order valence-corrected chi connectivity index (χ1v) is 5.70. The molecule has 5 heteroatoms. The van der Waals surface area contributed by atoms with Crippen molar-refractivity contribution in [2.75, 3.05) is 6.61 Å². The molecule has 94 valence electrons. The van der Waals surface area contributed by atoms with Crippen LogP contribution in [0.25, 0.3) is 0 Å². The van der Waals surface area contributed by atoms with Gasteiger partial charge in [-0.2, -0.15) is 0 Å². The van der Waals surface area contributed by atoms with E-state index >= 15 is 0 Å². The number of ether oxygens (including phenoxy) is 1. The Bertz CT molecular complexity index is 250. The Labute approximate surface area is 95.1 Å². The maximum atomic E-state index is 12.2. The van der Waals surface area contributed by atoms with Gasteiger partial charge < -0.3 is 17.7 Å². The molecule has 0 aromatic carbocycles. The van der Waals surface area contributed by atoms with Crippen molar-refractivity contribution in [1.29, 1.82) is 0 Å². The maximum Gasteiger partial charge on any atom is 0.507 e. The molecule has 0 bridgehead atoms. The summed E-state index contributed by atoms with van der Waals surface area (Å²) < 4.78 is 41.9. The van der Waals surface area contributed by atoms with Gasteiger partial charge in [0.25, 0.3) is 0 Å². The third-order valence-corrected chi connectivity index (χ3v) is 3.25. The van der Waals surface area contributed by atoms with Crippen molar-refractivity contribution in [2.24, 2.45) is 5.41 Å². The van der Waals surface area contributed by atoms with Crippen LogP contribution in [0.1, 0.15) is 39.5 Å². The monoisotopic (exact) mass is 235 g/mol. The normalized spacial score (nSPS) is 22.1. The molecule has 0 heterocycles. The molecule has 16 heavy (non-hydrogen) atoms. The summed E-state index contributed by atoms with van der Waals surface area (Å²) in [6.45, 7) is 2.07. The number of halogens is 3. The zero-order valence-corrected chi connectivity index (χ0v) is 9.94. The average Bonchev–Trinajstić information content (AvgIpc) is 2.14. The van der Waals surface area contributed by atoms with Gasteiger partial charge in [-0.05, 0) is 31.1 Å². The Morgan fingerprint density at radius 1 is 1.31 bits per heavy atom. The van der Waals surface area contributed by atoms with E-state index in [0.717, 1.165) is 25.7 Å². The molecule has 0 N–H and O–H groups in total. The van der Waals surface area contributed by atoms with Gasteiger partial charge in [0.2, 0.25) is 0 Å². The first-order chi connectivity index (χ1) is 7.21. The van der Waals surface area contributed by atoms with Crippen LogP contribution in [-0.2, 0) is 4.74 Å². The van der Waals surface area contributed by atoms with Gasteiger partial charge in [0, 0.05) is 6.61 Å². The SMILES string of the molecule is C=C(COC1CCC(C)(C)CC1)[B-](F)(F)F. The lowest BCUT2D eigenvalue weighted by Crippen LogP contribution is -2.29. The van der Waals surface area contributed by atoms with E-state index in [9.17, 15) is 12.9 Å². The first kappa shape index (κ1) is 13.6. The molecule has 0 aromatic heterocycles. The quantitative estimate of drug-likeness (QED) is 0.671. The van der Waals surface area contributed by atoms with Crippen LogP contribution >= 0.6 is 0 Å². The van der Waals surface area contributed by atoms with Crippen LogP contribution in [0.5, 0.6) is 0 Å². The minimum Gasteiger partial charge on any atom is -0.445 e. The number of rotatable bonds is 4. The van der Waals surface area contributed by atoms with Crippen LogP contribution in [0, 0.1) is 5.41 Å². The Morgan fingerprint density at radius 3 is 2.25 bits per heavy atom. The zero-order chi connectivity index (χ0) is 12.4. The Balaban J connectivity index is 2.28. The van der Waals surface area contributed by atoms with Crippen molar-refractivity contribution < 1.29 is 17.7 Å². The second-order valence-corrected chi connectivity index (χ2v) is 5.41. The van der Waals surface area contributed by atoms with Gasteiger partial charge >= 0.3 is 6.98 Å². The topological polar surface area (TPSA) is 9.23 Å². The summed E-state index contributed by atoms with van der Waals surface area (Å²) in [5, 5.41) is 0. The van der Waals surface area contributed by atoms with Gasteiger partial charge in [-0.3, -0.25) is 0 Å². The molecule has 0 aromatic rings. The summed E-state index contributed by atoms with van der Waals surface area (Å²) >= 11 is 0. The smallest absolute Gasteiger partial charge is 0.445 e. The minimum absolute atomic E-state index is 0.0251. The fraction of sp³-hybridized carbons (Fsp3) is 0.818. The van der Waals surface area contributed by atoms with Gasteiger partial charge in [-0.15, -0.1) is 12.1 Å². The highest BCUT2D eigenvalue weighted by Crippen LogP contribution is 2.36. The molecule has 0 saturated heterocycles. The van der Waals surface area contributed by atoms with E-state index in [1.54, 1.807) is 0 Å². The summed E-state index contributed by atoms with van der Waals surface area (Å²) in [6, 6.07) is 0. The fourth-order valence-electron chi connectivity index (χ4n) is 1.86. The van der Waals surface area contributed by atoms with E-state index in [-0.39, 0.29) is 12.7 Å². The molecule has 1 rings (SSSR count). The van der Waals surface area contributed by atoms with Crippen molar-refractivity contribution >= 4 is 6.98 Å². The van der Waals surface area contributed by atoms with E-state index in [4.69, 9.17) is 4.74 Å². The summed E-state index contributed by atoms with van der Waals surface area (Å²) in [5.41, 5.74) is -0.421. The van der Waals surface area contributed by atoms with Crippen LogP contribution in [-0.4, -0.2) is 19.7 Å². The van der Waals surface area contributed by atoms with E-state index < -0.39 is 12.4 Å². The van der Waals surface area contributed by atoms with E-state index in [0.29, 0.717) is 5.41 Å². The molecule has 0 atom stereocenters. The second kappa shape index (κ2) is 4.82. The Hall–Kier alpha value is -0.445. The van der Waals surface area contributed by atoms with Crippen molar-refractivity contribution in [3.8, 4) is 0 Å². The lowest BCUT2D eigenvalue weighted by molar-refractivity contribution is 0.0165. The molecule has 0 amide bonds. The van der Waals surface area contributed by atoms with Crippen molar-refractivity contribution in [3.63, 3.8) is 0 Å². The molecule has 0 spiro atoms. The first-order valence-electron chi connectivity index (χ1n) is 5.70. The number of hydrogen-bond donors (Lipinski definition) is 0. The maximum absolute atomic E-state index is 12.2. The molecule has 0 aliphatic heterocycles. The highest BCUT2D eigenvalue weighted by Gasteiger charge is 2.30. The van der Waals surface area contributed by atoms with Crippen molar-refractivity contribution in [3.05, 3.63) is 12.1 Å². The van der Waals surface area contributed by atoms with Crippen LogP contribution in [0.4, 0.5) is 12.9 Å². The molecule has 0 radical (unpaired) electrons. The molecular weight excluding hydrogens is 216 g/mol. The predicted octanol–water partition coefficient (Wildman–Crippen LogP) is 3.91. The molecular formula is C11H19BF3O-. The largest absolute Gasteiger partial charge is 0.507 e. The highest BCUT2D eigenvalue weighted by molar-refractivity contribution is 6.66. The van der Waals surface area contributed by atoms with Crippen molar-refractivity contribution in [2.45, 2.75) is 45.6 Å². The van der Waals surface area contributed by atoms with Crippen LogP contribution < -0.4 is 0 Å². The molecule has 1 aliphatic carbocycles. The summed E-state index contributed by atoms with van der Waals surface area (Å²) in [5.74, 6) is 0. The van der Waals surface area contributed by atoms with E-state index in [2.05, 4.69) is 20.4 Å². The van der Waals surface area contributed by atoms with Crippen molar-refractivity contribution in [1.82, 2.24) is 0 Å². The predicted molar refractivity (Wildman–Crippen MR) is 60.2 cm³/mol. The highest BCUT2D eigenvalue weighted by atomic mass is 19.4. The van der Waals surface area contributed by atoms with E-state index in [1.807, 2.05) is 0 Å². The van der Waals surface area contributed by atoms with Gasteiger partial charge in [-0.1, -0.05) is 13.8 Å². The zero-order valence-electron chi connectivity index (χ0n) is 9.94. The van der Waals surface area contributed by atoms with E-state index in [1.165, 1.54) is 0 Å². The molecule has 0 unspecified atom stereocenters. The summed E-state index contributed by atoms with van der Waals surface area (Å²) in [7, 11) is 0. The Morgan fingerprint density at radius 2 is 1.81 bits per heavy atom. The second-order valence-electron chi connectivity index (χ2n) is 5.41.